The number of nitrogens with zero attached hydrogens (tertiary/aromatic N) is 1. The maximum atomic E-state index is 5.63. The van der Waals surface area contributed by atoms with Crippen LogP contribution in [0.25, 0.3) is 0 Å². The molecular formula is C16H30N2O. The zero-order chi connectivity index (χ0) is 13.1. The maximum absolute atomic E-state index is 5.63. The molecule has 2 saturated carbocycles. The van der Waals surface area contributed by atoms with Crippen molar-refractivity contribution in [2.24, 2.45) is 5.92 Å². The minimum Gasteiger partial charge on any atom is -0.381 e. The summed E-state index contributed by atoms with van der Waals surface area (Å²) in [5, 5.41) is 3.49. The van der Waals surface area contributed by atoms with Crippen LogP contribution in [0.15, 0.2) is 0 Å². The zero-order valence-electron chi connectivity index (χ0n) is 12.4. The van der Waals surface area contributed by atoms with Crippen molar-refractivity contribution < 1.29 is 4.74 Å². The van der Waals surface area contributed by atoms with E-state index in [0.29, 0.717) is 6.10 Å². The summed E-state index contributed by atoms with van der Waals surface area (Å²) in [6, 6.07) is 1.72. The van der Waals surface area contributed by atoms with Crippen LogP contribution in [-0.2, 0) is 4.74 Å². The van der Waals surface area contributed by atoms with Crippen molar-refractivity contribution in [2.45, 2.75) is 69.6 Å². The van der Waals surface area contributed by atoms with Gasteiger partial charge in [0.15, 0.2) is 0 Å². The summed E-state index contributed by atoms with van der Waals surface area (Å²) in [6.07, 6.45) is 11.5. The standard InChI is InChI=1S/C16H30N2O/c1-19-16-4-2-3-15(11-16)18(14-5-6-14)12-13-7-9-17-10-8-13/h13-17H,2-12H2,1H3. The van der Waals surface area contributed by atoms with Gasteiger partial charge in [0, 0.05) is 25.7 Å². The number of rotatable bonds is 5. The quantitative estimate of drug-likeness (QED) is 0.827. The third-order valence-corrected chi connectivity index (χ3v) is 5.34. The van der Waals surface area contributed by atoms with Crippen molar-refractivity contribution in [3.05, 3.63) is 0 Å². The van der Waals surface area contributed by atoms with Gasteiger partial charge >= 0.3 is 0 Å². The lowest BCUT2D eigenvalue weighted by atomic mass is 9.89. The van der Waals surface area contributed by atoms with Crippen LogP contribution in [0.1, 0.15) is 51.4 Å². The van der Waals surface area contributed by atoms with Crippen LogP contribution in [0.5, 0.6) is 0 Å². The number of piperidine rings is 1. The molecule has 0 bridgehead atoms. The Balaban J connectivity index is 1.56. The maximum Gasteiger partial charge on any atom is 0.0586 e. The summed E-state index contributed by atoms with van der Waals surface area (Å²) in [4.78, 5) is 2.88. The molecule has 3 heteroatoms. The first-order chi connectivity index (χ1) is 9.36. The van der Waals surface area contributed by atoms with Gasteiger partial charge in [-0.25, -0.2) is 0 Å². The molecule has 3 fully saturated rings. The van der Waals surface area contributed by atoms with E-state index >= 15 is 0 Å². The fraction of sp³-hybridized carbons (Fsp3) is 1.00. The number of hydrogen-bond acceptors (Lipinski definition) is 3. The van der Waals surface area contributed by atoms with Gasteiger partial charge in [-0.2, -0.15) is 0 Å². The molecule has 3 aliphatic rings. The molecule has 3 nitrogen and oxygen atoms in total. The summed E-state index contributed by atoms with van der Waals surface area (Å²) < 4.78 is 5.63. The van der Waals surface area contributed by atoms with Gasteiger partial charge < -0.3 is 10.1 Å². The van der Waals surface area contributed by atoms with Gasteiger partial charge in [-0.1, -0.05) is 0 Å². The van der Waals surface area contributed by atoms with E-state index in [1.165, 1.54) is 71.0 Å². The second kappa shape index (κ2) is 6.55. The van der Waals surface area contributed by atoms with Gasteiger partial charge in [-0.15, -0.1) is 0 Å². The Bertz CT molecular complexity index is 274. The monoisotopic (exact) mass is 266 g/mol. The fourth-order valence-electron chi connectivity index (χ4n) is 4.00. The highest BCUT2D eigenvalue weighted by molar-refractivity contribution is 4.92. The topological polar surface area (TPSA) is 24.5 Å². The minimum atomic E-state index is 0.521. The summed E-state index contributed by atoms with van der Waals surface area (Å²) in [7, 11) is 1.89. The molecule has 1 heterocycles. The van der Waals surface area contributed by atoms with E-state index < -0.39 is 0 Å². The van der Waals surface area contributed by atoms with E-state index in [-0.39, 0.29) is 0 Å². The fourth-order valence-corrected chi connectivity index (χ4v) is 4.00. The molecule has 0 aromatic rings. The SMILES string of the molecule is COC1CCCC(N(CC2CCNCC2)C2CC2)C1. The zero-order valence-corrected chi connectivity index (χ0v) is 12.4. The van der Waals surface area contributed by atoms with Crippen molar-refractivity contribution in [1.82, 2.24) is 10.2 Å². The summed E-state index contributed by atoms with van der Waals surface area (Å²) in [6.45, 7) is 3.82. The van der Waals surface area contributed by atoms with E-state index in [4.69, 9.17) is 4.74 Å². The molecule has 2 aliphatic carbocycles. The molecule has 2 unspecified atom stereocenters. The van der Waals surface area contributed by atoms with Gasteiger partial charge in [-0.05, 0) is 70.4 Å². The van der Waals surface area contributed by atoms with Crippen molar-refractivity contribution in [2.75, 3.05) is 26.7 Å². The van der Waals surface area contributed by atoms with Crippen molar-refractivity contribution in [1.29, 1.82) is 0 Å². The molecule has 19 heavy (non-hydrogen) atoms. The molecule has 0 spiro atoms. The van der Waals surface area contributed by atoms with Crippen LogP contribution in [0.3, 0.4) is 0 Å². The summed E-state index contributed by atoms with van der Waals surface area (Å²) >= 11 is 0. The Morgan fingerprint density at radius 2 is 1.79 bits per heavy atom. The number of hydrogen-bond donors (Lipinski definition) is 1. The molecule has 0 aromatic heterocycles. The Kier molecular flexibility index (Phi) is 4.78. The molecule has 0 radical (unpaired) electrons. The Morgan fingerprint density at radius 1 is 1.00 bits per heavy atom. The van der Waals surface area contributed by atoms with Gasteiger partial charge in [0.2, 0.25) is 0 Å². The lowest BCUT2D eigenvalue weighted by Gasteiger charge is -2.40. The van der Waals surface area contributed by atoms with Crippen LogP contribution in [0.2, 0.25) is 0 Å². The molecule has 0 aromatic carbocycles. The Hall–Kier alpha value is -0.120. The van der Waals surface area contributed by atoms with E-state index in [2.05, 4.69) is 10.2 Å². The van der Waals surface area contributed by atoms with Crippen LogP contribution >= 0.6 is 0 Å². The predicted molar refractivity (Wildman–Crippen MR) is 78.4 cm³/mol. The molecule has 1 aliphatic heterocycles. The second-order valence-corrected chi connectivity index (χ2v) is 6.80. The van der Waals surface area contributed by atoms with E-state index in [1.807, 2.05) is 7.11 Å². The van der Waals surface area contributed by atoms with Crippen LogP contribution < -0.4 is 5.32 Å². The first-order valence-corrected chi connectivity index (χ1v) is 8.36. The van der Waals surface area contributed by atoms with E-state index in [1.54, 1.807) is 0 Å². The Morgan fingerprint density at radius 3 is 2.47 bits per heavy atom. The highest BCUT2D eigenvalue weighted by Crippen LogP contribution is 2.35. The molecule has 2 atom stereocenters. The molecule has 1 saturated heterocycles. The lowest BCUT2D eigenvalue weighted by Crippen LogP contribution is -2.45. The lowest BCUT2D eigenvalue weighted by molar-refractivity contribution is 0.0191. The normalized spacial score (nSPS) is 33.8. The second-order valence-electron chi connectivity index (χ2n) is 6.80. The first kappa shape index (κ1) is 13.8. The molecular weight excluding hydrogens is 236 g/mol. The molecule has 3 rings (SSSR count). The predicted octanol–water partition coefficient (Wildman–Crippen LogP) is 2.41. The highest BCUT2D eigenvalue weighted by Gasteiger charge is 2.37. The largest absolute Gasteiger partial charge is 0.381 e. The van der Waals surface area contributed by atoms with E-state index in [9.17, 15) is 0 Å². The van der Waals surface area contributed by atoms with Gasteiger partial charge in [-0.3, -0.25) is 4.90 Å². The number of nitrogens with one attached hydrogen (secondary N) is 1. The van der Waals surface area contributed by atoms with Crippen molar-refractivity contribution >= 4 is 0 Å². The van der Waals surface area contributed by atoms with Crippen LogP contribution in [-0.4, -0.2) is 49.8 Å². The average molecular weight is 266 g/mol. The third-order valence-electron chi connectivity index (χ3n) is 5.34. The molecule has 1 N–H and O–H groups in total. The number of ether oxygens (including phenoxy) is 1. The van der Waals surface area contributed by atoms with Crippen LogP contribution in [0.4, 0.5) is 0 Å². The van der Waals surface area contributed by atoms with Crippen molar-refractivity contribution in [3.8, 4) is 0 Å². The van der Waals surface area contributed by atoms with Gasteiger partial charge in [0.1, 0.15) is 0 Å². The molecule has 0 amide bonds. The highest BCUT2D eigenvalue weighted by atomic mass is 16.5. The van der Waals surface area contributed by atoms with Crippen LogP contribution in [0, 0.1) is 5.92 Å². The third kappa shape index (κ3) is 3.71. The summed E-state index contributed by atoms with van der Waals surface area (Å²) in [5.74, 6) is 0.935. The molecule has 110 valence electrons. The van der Waals surface area contributed by atoms with Crippen molar-refractivity contribution in [3.63, 3.8) is 0 Å². The van der Waals surface area contributed by atoms with E-state index in [0.717, 1.165) is 18.0 Å². The summed E-state index contributed by atoms with van der Waals surface area (Å²) in [5.41, 5.74) is 0. The average Bonchev–Trinajstić information content (AvgIpc) is 3.30. The van der Waals surface area contributed by atoms with Gasteiger partial charge in [0.05, 0.1) is 6.10 Å². The number of methoxy groups -OCH3 is 1. The van der Waals surface area contributed by atoms with Gasteiger partial charge in [0.25, 0.3) is 0 Å². The smallest absolute Gasteiger partial charge is 0.0586 e. The minimum absolute atomic E-state index is 0.521. The first-order valence-electron chi connectivity index (χ1n) is 8.36. The Labute approximate surface area is 118 Å².